The topological polar surface area (TPSA) is 150 Å². The van der Waals surface area contributed by atoms with E-state index in [-0.39, 0.29) is 12.8 Å². The zero-order valence-corrected chi connectivity index (χ0v) is 25.3. The maximum atomic E-state index is 13.5. The molecule has 2 aromatic carbocycles. The maximum Gasteiger partial charge on any atom is 0.407 e. The number of nitrogens with zero attached hydrogens (tertiary/aromatic N) is 1. The molecule has 0 unspecified atom stereocenters. The highest BCUT2D eigenvalue weighted by atomic mass is 16.5. The Hall–Kier alpha value is -4.44. The molecular weight excluding hydrogens is 548 g/mol. The summed E-state index contributed by atoms with van der Waals surface area (Å²) < 4.78 is 4.73. The predicted molar refractivity (Wildman–Crippen MR) is 165 cm³/mol. The Bertz CT molecular complexity index is 1340. The molecule has 3 rings (SSSR count). The average Bonchev–Trinajstić information content (AvgIpc) is 2.95. The van der Waals surface area contributed by atoms with Gasteiger partial charge in [0.1, 0.15) is 6.04 Å². The summed E-state index contributed by atoms with van der Waals surface area (Å²) in [7, 11) is 1.23. The molecule has 3 amide bonds. The van der Waals surface area contributed by atoms with Crippen molar-refractivity contribution in [3.8, 4) is 11.3 Å². The van der Waals surface area contributed by atoms with Gasteiger partial charge in [-0.3, -0.25) is 9.78 Å². The minimum Gasteiger partial charge on any atom is -0.465 e. The van der Waals surface area contributed by atoms with Crippen LogP contribution in [-0.4, -0.2) is 64.6 Å². The van der Waals surface area contributed by atoms with Gasteiger partial charge in [-0.05, 0) is 54.4 Å². The molecule has 4 atom stereocenters. The third kappa shape index (κ3) is 10.4. The Morgan fingerprint density at radius 2 is 1.53 bits per heavy atom. The summed E-state index contributed by atoms with van der Waals surface area (Å²) in [6, 6.07) is 18.7. The van der Waals surface area contributed by atoms with E-state index in [1.54, 1.807) is 6.20 Å². The minimum absolute atomic E-state index is 0.0554. The number of nitrogens with one attached hydrogen (secondary N) is 3. The lowest BCUT2D eigenvalue weighted by atomic mass is 9.85. The van der Waals surface area contributed by atoms with Crippen molar-refractivity contribution in [2.45, 2.75) is 71.2 Å². The SMILES string of the molecule is COC(=O)N[C@H](C(=O)N[C@@H](Cc1ccc(-c2ccc(C)cn2)cc1)C[C@H](O)[C@H](Cc1ccccc1)NC(=O)O)C(C)(C)C. The standard InChI is InChI=1S/C33H42N4O6/c1-21-11-16-26(34-20-21)24-14-12-23(13-15-24)17-25(35-30(39)29(33(2,3)4)37-32(42)43-5)19-28(38)27(36-31(40)41)18-22-9-7-6-8-10-22/h6-16,20,25,27-29,36,38H,17-19H2,1-5H3,(H,35,39)(H,37,42)(H,40,41)/t25-,27-,28-,29+/m0/s1. The number of aryl methyl sites for hydroxylation is 1. The molecule has 1 aromatic heterocycles. The molecule has 0 saturated heterocycles. The van der Waals surface area contributed by atoms with Crippen LogP contribution < -0.4 is 16.0 Å². The van der Waals surface area contributed by atoms with Crippen molar-refractivity contribution in [3.63, 3.8) is 0 Å². The molecule has 0 radical (unpaired) electrons. The number of carbonyl (C=O) groups is 3. The molecule has 1 heterocycles. The molecule has 5 N–H and O–H groups in total. The average molecular weight is 591 g/mol. The lowest BCUT2D eigenvalue weighted by Gasteiger charge is -2.33. The number of amides is 3. The van der Waals surface area contributed by atoms with Crippen LogP contribution >= 0.6 is 0 Å². The number of aliphatic hydroxyl groups is 1. The molecule has 0 aliphatic rings. The van der Waals surface area contributed by atoms with Crippen LogP contribution in [0.2, 0.25) is 0 Å². The zero-order chi connectivity index (χ0) is 31.6. The minimum atomic E-state index is -1.25. The Labute approximate surface area is 252 Å². The fourth-order valence-electron chi connectivity index (χ4n) is 4.83. The summed E-state index contributed by atoms with van der Waals surface area (Å²) in [5.41, 5.74) is 3.94. The van der Waals surface area contributed by atoms with Crippen LogP contribution in [0, 0.1) is 12.3 Å². The van der Waals surface area contributed by atoms with E-state index in [4.69, 9.17) is 4.74 Å². The number of benzene rings is 2. The van der Waals surface area contributed by atoms with Crippen molar-refractivity contribution < 1.29 is 29.3 Å². The van der Waals surface area contributed by atoms with Crippen molar-refractivity contribution >= 4 is 18.1 Å². The van der Waals surface area contributed by atoms with Gasteiger partial charge >= 0.3 is 12.2 Å². The summed E-state index contributed by atoms with van der Waals surface area (Å²) in [6.45, 7) is 7.44. The summed E-state index contributed by atoms with van der Waals surface area (Å²) in [5, 5.41) is 28.8. The predicted octanol–water partition coefficient (Wildman–Crippen LogP) is 4.48. The van der Waals surface area contributed by atoms with Crippen LogP contribution in [-0.2, 0) is 22.4 Å². The molecule has 43 heavy (non-hydrogen) atoms. The fourth-order valence-corrected chi connectivity index (χ4v) is 4.83. The Balaban J connectivity index is 1.86. The number of carboxylic acid groups (broad SMARTS) is 1. The summed E-state index contributed by atoms with van der Waals surface area (Å²) in [4.78, 5) is 41.7. The molecule has 10 heteroatoms. The van der Waals surface area contributed by atoms with Crippen molar-refractivity contribution in [2.75, 3.05) is 7.11 Å². The molecule has 10 nitrogen and oxygen atoms in total. The van der Waals surface area contributed by atoms with E-state index in [2.05, 4.69) is 20.9 Å². The van der Waals surface area contributed by atoms with Gasteiger partial charge in [0, 0.05) is 17.8 Å². The largest absolute Gasteiger partial charge is 0.465 e. The first kappa shape index (κ1) is 33.1. The first-order valence-corrected chi connectivity index (χ1v) is 14.2. The van der Waals surface area contributed by atoms with E-state index in [0.29, 0.717) is 6.42 Å². The zero-order valence-electron chi connectivity index (χ0n) is 25.3. The molecular formula is C33H42N4O6. The van der Waals surface area contributed by atoms with Crippen molar-refractivity contribution in [1.29, 1.82) is 0 Å². The Morgan fingerprint density at radius 3 is 2.09 bits per heavy atom. The van der Waals surface area contributed by atoms with E-state index < -0.39 is 47.7 Å². The Kier molecular flexibility index (Phi) is 11.7. The summed E-state index contributed by atoms with van der Waals surface area (Å²) in [6.07, 6.45) is -0.635. The number of aromatic nitrogens is 1. The molecule has 0 saturated carbocycles. The third-order valence-corrected chi connectivity index (χ3v) is 7.16. The molecule has 230 valence electrons. The number of methoxy groups -OCH3 is 1. The first-order chi connectivity index (χ1) is 20.3. The summed E-state index contributed by atoms with van der Waals surface area (Å²) in [5.74, 6) is -0.443. The molecule has 0 aliphatic heterocycles. The number of alkyl carbamates (subject to hydrolysis) is 1. The van der Waals surface area contributed by atoms with Gasteiger partial charge in [0.25, 0.3) is 0 Å². The van der Waals surface area contributed by atoms with Crippen molar-refractivity contribution in [1.82, 2.24) is 20.9 Å². The normalized spacial score (nSPS) is 14.1. The van der Waals surface area contributed by atoms with Crippen molar-refractivity contribution in [3.05, 3.63) is 89.6 Å². The van der Waals surface area contributed by atoms with E-state index in [1.807, 2.05) is 94.4 Å². The highest BCUT2D eigenvalue weighted by molar-refractivity contribution is 5.86. The van der Waals surface area contributed by atoms with Gasteiger partial charge < -0.3 is 30.9 Å². The molecule has 0 bridgehead atoms. The second-order valence-corrected chi connectivity index (χ2v) is 11.8. The molecule has 3 aromatic rings. The first-order valence-electron chi connectivity index (χ1n) is 14.2. The molecule has 0 aliphatic carbocycles. The monoisotopic (exact) mass is 590 g/mol. The van der Waals surface area contributed by atoms with Gasteiger partial charge in [-0.25, -0.2) is 9.59 Å². The van der Waals surface area contributed by atoms with Gasteiger partial charge in [-0.2, -0.15) is 0 Å². The smallest absolute Gasteiger partial charge is 0.407 e. The highest BCUT2D eigenvalue weighted by Gasteiger charge is 2.35. The van der Waals surface area contributed by atoms with E-state index >= 15 is 0 Å². The van der Waals surface area contributed by atoms with Crippen LogP contribution in [0.3, 0.4) is 0 Å². The number of pyridine rings is 1. The van der Waals surface area contributed by atoms with E-state index in [0.717, 1.165) is 27.9 Å². The molecule has 0 spiro atoms. The van der Waals surface area contributed by atoms with Crippen LogP contribution in [0.25, 0.3) is 11.3 Å². The van der Waals surface area contributed by atoms with E-state index in [1.165, 1.54) is 7.11 Å². The van der Waals surface area contributed by atoms with Gasteiger partial charge in [-0.15, -0.1) is 0 Å². The second-order valence-electron chi connectivity index (χ2n) is 11.8. The summed E-state index contributed by atoms with van der Waals surface area (Å²) >= 11 is 0. The quantitative estimate of drug-likeness (QED) is 0.209. The van der Waals surface area contributed by atoms with Crippen LogP contribution in [0.5, 0.6) is 0 Å². The molecule has 0 fully saturated rings. The number of rotatable bonds is 12. The fraction of sp³-hybridized carbons (Fsp3) is 0.394. The van der Waals surface area contributed by atoms with Crippen LogP contribution in [0.15, 0.2) is 72.9 Å². The number of carbonyl (C=O) groups excluding carboxylic acids is 2. The number of ether oxygens (including phenoxy) is 1. The Morgan fingerprint density at radius 1 is 0.884 bits per heavy atom. The van der Waals surface area contributed by atoms with E-state index in [9.17, 15) is 24.6 Å². The van der Waals surface area contributed by atoms with Crippen LogP contribution in [0.4, 0.5) is 9.59 Å². The number of hydrogen-bond acceptors (Lipinski definition) is 6. The number of aliphatic hydroxyl groups excluding tert-OH is 1. The van der Waals surface area contributed by atoms with Gasteiger partial charge in [-0.1, -0.05) is 81.4 Å². The third-order valence-electron chi connectivity index (χ3n) is 7.16. The lowest BCUT2D eigenvalue weighted by molar-refractivity contribution is -0.126. The maximum absolute atomic E-state index is 13.5. The number of hydrogen-bond donors (Lipinski definition) is 5. The van der Waals surface area contributed by atoms with Crippen molar-refractivity contribution in [2.24, 2.45) is 5.41 Å². The lowest BCUT2D eigenvalue weighted by Crippen LogP contribution is -2.56. The second kappa shape index (κ2) is 15.2. The highest BCUT2D eigenvalue weighted by Crippen LogP contribution is 2.22. The van der Waals surface area contributed by atoms with Gasteiger partial charge in [0.2, 0.25) is 5.91 Å². The van der Waals surface area contributed by atoms with Gasteiger partial charge in [0.05, 0.1) is 24.9 Å². The van der Waals surface area contributed by atoms with Crippen LogP contribution in [0.1, 0.15) is 43.9 Å². The van der Waals surface area contributed by atoms with Gasteiger partial charge in [0.15, 0.2) is 0 Å².